The van der Waals surface area contributed by atoms with Crippen molar-refractivity contribution in [1.82, 2.24) is 5.32 Å². The number of nitrogens with zero attached hydrogens (tertiary/aromatic N) is 1. The highest BCUT2D eigenvalue weighted by atomic mass is 16.5. The Kier molecular flexibility index (Phi) is 5.31. The molecule has 162 valence electrons. The second-order valence-electron chi connectivity index (χ2n) is 8.12. The van der Waals surface area contributed by atoms with E-state index < -0.39 is 35.3 Å². The van der Waals surface area contributed by atoms with E-state index in [0.717, 1.165) is 11.1 Å². The van der Waals surface area contributed by atoms with Crippen LogP contribution in [0.25, 0.3) is 0 Å². The van der Waals surface area contributed by atoms with E-state index in [0.29, 0.717) is 11.4 Å². The number of anilines is 1. The van der Waals surface area contributed by atoms with Gasteiger partial charge in [-0.1, -0.05) is 30.3 Å². The smallest absolute Gasteiger partial charge is 0.326 e. The standard InChI is InChI=1S/C24H26N2O5/c1-5-31-23(29)24(3)19-18(20(25-24)17-12-7-6-9-14(17)2)21(27)26(22(19)28)15-10-8-11-16(13-15)30-4/h6-13,18-20,25H,5H2,1-4H3/t18-,19-,20-,24+/m0/s1. The normalized spacial score (nSPS) is 27.4. The average molecular weight is 422 g/mol. The summed E-state index contributed by atoms with van der Waals surface area (Å²) in [5, 5.41) is 3.30. The first-order valence-electron chi connectivity index (χ1n) is 10.4. The lowest BCUT2D eigenvalue weighted by Gasteiger charge is -2.29. The summed E-state index contributed by atoms with van der Waals surface area (Å²) in [5.74, 6) is -2.35. The van der Waals surface area contributed by atoms with Crippen LogP contribution in [0.4, 0.5) is 5.69 Å². The van der Waals surface area contributed by atoms with Gasteiger partial charge in [0.25, 0.3) is 0 Å². The second kappa shape index (κ2) is 7.81. The van der Waals surface area contributed by atoms with Crippen molar-refractivity contribution in [3.8, 4) is 5.75 Å². The molecule has 4 atom stereocenters. The van der Waals surface area contributed by atoms with Crippen LogP contribution in [0.1, 0.15) is 31.0 Å². The summed E-state index contributed by atoms with van der Waals surface area (Å²) in [6, 6.07) is 14.0. The summed E-state index contributed by atoms with van der Waals surface area (Å²) < 4.78 is 10.6. The summed E-state index contributed by atoms with van der Waals surface area (Å²) in [6.45, 7) is 5.51. The Labute approximate surface area is 181 Å². The maximum Gasteiger partial charge on any atom is 0.326 e. The number of nitrogens with one attached hydrogen (secondary N) is 1. The molecule has 2 heterocycles. The zero-order chi connectivity index (χ0) is 22.3. The van der Waals surface area contributed by atoms with Crippen LogP contribution < -0.4 is 15.0 Å². The molecule has 2 aromatic rings. The number of carbonyl (C=O) groups excluding carboxylic acids is 3. The summed E-state index contributed by atoms with van der Waals surface area (Å²) in [6.07, 6.45) is 0. The minimum absolute atomic E-state index is 0.185. The minimum atomic E-state index is -1.33. The molecule has 2 saturated heterocycles. The number of hydrogen-bond donors (Lipinski definition) is 1. The molecule has 0 spiro atoms. The van der Waals surface area contributed by atoms with Crippen LogP contribution >= 0.6 is 0 Å². The minimum Gasteiger partial charge on any atom is -0.497 e. The molecule has 2 aromatic carbocycles. The van der Waals surface area contributed by atoms with E-state index in [1.54, 1.807) is 38.1 Å². The van der Waals surface area contributed by atoms with E-state index in [1.807, 2.05) is 31.2 Å². The predicted molar refractivity (Wildman–Crippen MR) is 115 cm³/mol. The number of methoxy groups -OCH3 is 1. The van der Waals surface area contributed by atoms with Crippen molar-refractivity contribution in [2.75, 3.05) is 18.6 Å². The molecule has 0 aliphatic carbocycles. The number of imide groups is 1. The number of ether oxygens (including phenoxy) is 2. The van der Waals surface area contributed by atoms with Gasteiger partial charge in [0, 0.05) is 12.1 Å². The molecular formula is C24H26N2O5. The number of benzene rings is 2. The van der Waals surface area contributed by atoms with Gasteiger partial charge in [-0.3, -0.25) is 19.7 Å². The Balaban J connectivity index is 1.83. The van der Waals surface area contributed by atoms with Gasteiger partial charge in [-0.25, -0.2) is 4.90 Å². The maximum atomic E-state index is 13.6. The van der Waals surface area contributed by atoms with Crippen LogP contribution in [0.2, 0.25) is 0 Å². The fourth-order valence-corrected chi connectivity index (χ4v) is 4.81. The lowest BCUT2D eigenvalue weighted by Crippen LogP contribution is -2.54. The van der Waals surface area contributed by atoms with Gasteiger partial charge in [-0.2, -0.15) is 0 Å². The zero-order valence-corrected chi connectivity index (χ0v) is 18.0. The fraction of sp³-hybridized carbons (Fsp3) is 0.375. The van der Waals surface area contributed by atoms with Gasteiger partial charge in [-0.05, 0) is 44.0 Å². The molecule has 2 amide bonds. The Bertz CT molecular complexity index is 1050. The highest BCUT2D eigenvalue weighted by molar-refractivity contribution is 6.24. The highest BCUT2D eigenvalue weighted by Crippen LogP contribution is 2.50. The first kappa shape index (κ1) is 21.1. The molecule has 1 N–H and O–H groups in total. The summed E-state index contributed by atoms with van der Waals surface area (Å²) in [7, 11) is 1.53. The molecular weight excluding hydrogens is 396 g/mol. The third-order valence-electron chi connectivity index (χ3n) is 6.32. The molecule has 7 nitrogen and oxygen atoms in total. The molecule has 7 heteroatoms. The van der Waals surface area contributed by atoms with Gasteiger partial charge in [0.05, 0.1) is 31.2 Å². The molecule has 0 radical (unpaired) electrons. The Morgan fingerprint density at radius 2 is 1.87 bits per heavy atom. The third kappa shape index (κ3) is 3.20. The van der Waals surface area contributed by atoms with Crippen LogP contribution in [0.3, 0.4) is 0 Å². The highest BCUT2D eigenvalue weighted by Gasteiger charge is 2.67. The molecule has 2 aliphatic rings. The largest absolute Gasteiger partial charge is 0.497 e. The van der Waals surface area contributed by atoms with Crippen LogP contribution in [-0.2, 0) is 19.1 Å². The van der Waals surface area contributed by atoms with Gasteiger partial charge in [0.1, 0.15) is 11.3 Å². The van der Waals surface area contributed by atoms with Crippen LogP contribution in [0, 0.1) is 18.8 Å². The third-order valence-corrected chi connectivity index (χ3v) is 6.32. The van der Waals surface area contributed by atoms with Gasteiger partial charge >= 0.3 is 5.97 Å². The number of fused-ring (bicyclic) bond motifs is 1. The van der Waals surface area contributed by atoms with E-state index >= 15 is 0 Å². The number of esters is 1. The topological polar surface area (TPSA) is 84.9 Å². The van der Waals surface area contributed by atoms with Crippen molar-refractivity contribution in [2.45, 2.75) is 32.4 Å². The zero-order valence-electron chi connectivity index (χ0n) is 18.0. The Morgan fingerprint density at radius 3 is 2.55 bits per heavy atom. The number of hydrogen-bond acceptors (Lipinski definition) is 6. The van der Waals surface area contributed by atoms with Gasteiger partial charge in [-0.15, -0.1) is 0 Å². The lowest BCUT2D eigenvalue weighted by atomic mass is 9.80. The van der Waals surface area contributed by atoms with Crippen molar-refractivity contribution in [2.24, 2.45) is 11.8 Å². The van der Waals surface area contributed by atoms with Gasteiger partial charge in [0.2, 0.25) is 11.8 Å². The Hall–Kier alpha value is -3.19. The fourth-order valence-electron chi connectivity index (χ4n) is 4.81. The first-order valence-corrected chi connectivity index (χ1v) is 10.4. The number of amides is 2. The number of rotatable bonds is 5. The lowest BCUT2D eigenvalue weighted by molar-refractivity contribution is -0.153. The van der Waals surface area contributed by atoms with Crippen molar-refractivity contribution >= 4 is 23.5 Å². The monoisotopic (exact) mass is 422 g/mol. The molecule has 4 rings (SSSR count). The van der Waals surface area contributed by atoms with Crippen LogP contribution in [0.15, 0.2) is 48.5 Å². The van der Waals surface area contributed by atoms with Gasteiger partial charge < -0.3 is 9.47 Å². The first-order chi connectivity index (χ1) is 14.8. The molecule has 0 saturated carbocycles. The molecule has 0 aromatic heterocycles. The number of aryl methyl sites for hydroxylation is 1. The summed E-state index contributed by atoms with van der Waals surface area (Å²) in [4.78, 5) is 41.4. The van der Waals surface area contributed by atoms with Crippen molar-refractivity contribution in [3.05, 3.63) is 59.7 Å². The van der Waals surface area contributed by atoms with E-state index in [4.69, 9.17) is 9.47 Å². The maximum absolute atomic E-state index is 13.6. The Morgan fingerprint density at radius 1 is 1.13 bits per heavy atom. The van der Waals surface area contributed by atoms with E-state index in [9.17, 15) is 14.4 Å². The van der Waals surface area contributed by atoms with Gasteiger partial charge in [0.15, 0.2) is 0 Å². The van der Waals surface area contributed by atoms with Crippen LogP contribution in [0.5, 0.6) is 5.75 Å². The predicted octanol–water partition coefficient (Wildman–Crippen LogP) is 2.78. The molecule has 0 unspecified atom stereocenters. The molecule has 0 bridgehead atoms. The van der Waals surface area contributed by atoms with Crippen LogP contribution in [-0.4, -0.2) is 37.0 Å². The molecule has 31 heavy (non-hydrogen) atoms. The molecule has 2 fully saturated rings. The average Bonchev–Trinajstić information content (AvgIpc) is 3.22. The van der Waals surface area contributed by atoms with E-state index in [-0.39, 0.29) is 12.5 Å². The molecule has 2 aliphatic heterocycles. The van der Waals surface area contributed by atoms with Crippen molar-refractivity contribution in [1.29, 1.82) is 0 Å². The van der Waals surface area contributed by atoms with Crippen molar-refractivity contribution in [3.63, 3.8) is 0 Å². The number of carbonyl (C=O) groups is 3. The second-order valence-corrected chi connectivity index (χ2v) is 8.12. The quantitative estimate of drug-likeness (QED) is 0.589. The summed E-state index contributed by atoms with van der Waals surface area (Å²) in [5.41, 5.74) is 0.971. The van der Waals surface area contributed by atoms with Crippen molar-refractivity contribution < 1.29 is 23.9 Å². The van der Waals surface area contributed by atoms with E-state index in [1.165, 1.54) is 12.0 Å². The van der Waals surface area contributed by atoms with E-state index in [2.05, 4.69) is 5.32 Å². The summed E-state index contributed by atoms with van der Waals surface area (Å²) >= 11 is 0. The SMILES string of the molecule is CCOC(=O)[C@]1(C)N[C@@H](c2ccccc2C)[C@H]2C(=O)N(c3cccc(OC)c3)C(=O)[C@H]21.